The Morgan fingerprint density at radius 3 is 2.36 bits per heavy atom. The lowest BCUT2D eigenvalue weighted by Crippen LogP contribution is -2.30. The Hall–Kier alpha value is -2.49. The van der Waals surface area contributed by atoms with Crippen LogP contribution < -0.4 is 14.4 Å². The van der Waals surface area contributed by atoms with Gasteiger partial charge < -0.3 is 14.4 Å². The molecule has 0 aliphatic rings. The number of nitrogens with zero attached hydrogens (tertiary/aromatic N) is 1. The molecule has 0 fully saturated rings. The van der Waals surface area contributed by atoms with Gasteiger partial charge in [0.15, 0.2) is 11.5 Å². The maximum atomic E-state index is 12.8. The predicted molar refractivity (Wildman–Crippen MR) is 88.1 cm³/mol. The zero-order valence-corrected chi connectivity index (χ0v) is 13.4. The lowest BCUT2D eigenvalue weighted by molar-refractivity contribution is 0.0988. The van der Waals surface area contributed by atoms with Crippen LogP contribution >= 0.6 is 0 Å². The van der Waals surface area contributed by atoms with E-state index >= 15 is 0 Å². The van der Waals surface area contributed by atoms with Crippen molar-refractivity contribution in [3.63, 3.8) is 0 Å². The fraction of sp³-hybridized carbons (Fsp3) is 0.278. The average Bonchev–Trinajstić information content (AvgIpc) is 2.54. The van der Waals surface area contributed by atoms with Gasteiger partial charge in [-0.25, -0.2) is 0 Å². The number of hydrogen-bond acceptors (Lipinski definition) is 3. The monoisotopic (exact) mass is 299 g/mol. The van der Waals surface area contributed by atoms with Crippen molar-refractivity contribution in [1.29, 1.82) is 0 Å². The highest BCUT2D eigenvalue weighted by Gasteiger charge is 2.18. The van der Waals surface area contributed by atoms with Crippen molar-refractivity contribution in [2.24, 2.45) is 0 Å². The van der Waals surface area contributed by atoms with Crippen LogP contribution in [-0.2, 0) is 0 Å². The molecule has 22 heavy (non-hydrogen) atoms. The summed E-state index contributed by atoms with van der Waals surface area (Å²) in [4.78, 5) is 14.5. The SMILES string of the molecule is CCN(C(=O)c1ccc(OC)c(OC)c1)c1cccc(C)c1. The van der Waals surface area contributed by atoms with Gasteiger partial charge in [0.25, 0.3) is 5.91 Å². The molecule has 0 radical (unpaired) electrons. The van der Waals surface area contributed by atoms with E-state index in [0.29, 0.717) is 23.6 Å². The van der Waals surface area contributed by atoms with Crippen LogP contribution in [0.1, 0.15) is 22.8 Å². The Balaban J connectivity index is 2.36. The smallest absolute Gasteiger partial charge is 0.258 e. The molecule has 0 heterocycles. The van der Waals surface area contributed by atoms with Crippen molar-refractivity contribution in [3.8, 4) is 11.5 Å². The van der Waals surface area contributed by atoms with Crippen LogP contribution in [-0.4, -0.2) is 26.7 Å². The molecule has 1 amide bonds. The number of rotatable bonds is 5. The van der Waals surface area contributed by atoms with Crippen LogP contribution in [0.4, 0.5) is 5.69 Å². The van der Waals surface area contributed by atoms with Crippen LogP contribution in [0.5, 0.6) is 11.5 Å². The molecule has 2 aromatic carbocycles. The fourth-order valence-corrected chi connectivity index (χ4v) is 2.36. The molecule has 0 aromatic heterocycles. The lowest BCUT2D eigenvalue weighted by atomic mass is 10.1. The number of benzene rings is 2. The molecule has 0 aliphatic heterocycles. The number of anilines is 1. The molecular formula is C18H21NO3. The molecule has 0 spiro atoms. The Morgan fingerprint density at radius 2 is 1.77 bits per heavy atom. The fourth-order valence-electron chi connectivity index (χ4n) is 2.36. The van der Waals surface area contributed by atoms with Gasteiger partial charge in [-0.05, 0) is 49.7 Å². The van der Waals surface area contributed by atoms with E-state index in [-0.39, 0.29) is 5.91 Å². The van der Waals surface area contributed by atoms with E-state index in [1.54, 1.807) is 37.3 Å². The van der Waals surface area contributed by atoms with E-state index in [4.69, 9.17) is 9.47 Å². The predicted octanol–water partition coefficient (Wildman–Crippen LogP) is 3.68. The molecule has 0 atom stereocenters. The zero-order chi connectivity index (χ0) is 16.1. The van der Waals surface area contributed by atoms with Gasteiger partial charge in [0, 0.05) is 17.8 Å². The molecule has 2 aromatic rings. The van der Waals surface area contributed by atoms with Crippen LogP contribution in [0, 0.1) is 6.92 Å². The van der Waals surface area contributed by atoms with Crippen molar-refractivity contribution in [2.75, 3.05) is 25.7 Å². The number of carbonyl (C=O) groups is 1. The first-order valence-corrected chi connectivity index (χ1v) is 7.21. The Bertz CT molecular complexity index is 667. The second-order valence-corrected chi connectivity index (χ2v) is 4.96. The van der Waals surface area contributed by atoms with Gasteiger partial charge in [0.1, 0.15) is 0 Å². The lowest BCUT2D eigenvalue weighted by Gasteiger charge is -2.22. The highest BCUT2D eigenvalue weighted by molar-refractivity contribution is 6.06. The van der Waals surface area contributed by atoms with Crippen LogP contribution in [0.3, 0.4) is 0 Å². The van der Waals surface area contributed by atoms with Crippen molar-refractivity contribution < 1.29 is 14.3 Å². The van der Waals surface area contributed by atoms with Crippen LogP contribution in [0.25, 0.3) is 0 Å². The van der Waals surface area contributed by atoms with Gasteiger partial charge in [-0.3, -0.25) is 4.79 Å². The zero-order valence-electron chi connectivity index (χ0n) is 13.4. The first-order chi connectivity index (χ1) is 10.6. The Kier molecular flexibility index (Phi) is 5.04. The minimum absolute atomic E-state index is 0.0611. The summed E-state index contributed by atoms with van der Waals surface area (Å²) in [6.07, 6.45) is 0. The quantitative estimate of drug-likeness (QED) is 0.845. The summed E-state index contributed by atoms with van der Waals surface area (Å²) in [6.45, 7) is 4.57. The normalized spacial score (nSPS) is 10.2. The summed E-state index contributed by atoms with van der Waals surface area (Å²) in [7, 11) is 3.13. The molecule has 116 valence electrons. The van der Waals surface area contributed by atoms with Gasteiger partial charge in [0.05, 0.1) is 14.2 Å². The minimum atomic E-state index is -0.0611. The number of amides is 1. The Labute approximate surface area is 131 Å². The van der Waals surface area contributed by atoms with E-state index in [2.05, 4.69) is 0 Å². The van der Waals surface area contributed by atoms with Crippen molar-refractivity contribution >= 4 is 11.6 Å². The molecule has 4 nitrogen and oxygen atoms in total. The molecule has 0 aliphatic carbocycles. The van der Waals surface area contributed by atoms with E-state index in [1.807, 2.05) is 38.1 Å². The summed E-state index contributed by atoms with van der Waals surface area (Å²) in [5.41, 5.74) is 2.58. The van der Waals surface area contributed by atoms with Gasteiger partial charge in [0.2, 0.25) is 0 Å². The van der Waals surface area contributed by atoms with Crippen molar-refractivity contribution in [1.82, 2.24) is 0 Å². The largest absolute Gasteiger partial charge is 0.493 e. The number of hydrogen-bond donors (Lipinski definition) is 0. The first kappa shape index (κ1) is 15.9. The maximum absolute atomic E-state index is 12.8. The summed E-state index contributed by atoms with van der Waals surface area (Å²) >= 11 is 0. The molecule has 0 saturated carbocycles. The van der Waals surface area contributed by atoms with E-state index in [1.165, 1.54) is 0 Å². The second-order valence-electron chi connectivity index (χ2n) is 4.96. The molecule has 2 rings (SSSR count). The highest BCUT2D eigenvalue weighted by atomic mass is 16.5. The summed E-state index contributed by atoms with van der Waals surface area (Å²) in [5.74, 6) is 1.10. The highest BCUT2D eigenvalue weighted by Crippen LogP contribution is 2.29. The molecule has 0 unspecified atom stereocenters. The third-order valence-corrected chi connectivity index (χ3v) is 3.51. The number of methoxy groups -OCH3 is 2. The topological polar surface area (TPSA) is 38.8 Å². The van der Waals surface area contributed by atoms with Crippen LogP contribution in [0.2, 0.25) is 0 Å². The molecular weight excluding hydrogens is 278 g/mol. The number of carbonyl (C=O) groups excluding carboxylic acids is 1. The minimum Gasteiger partial charge on any atom is -0.493 e. The summed E-state index contributed by atoms with van der Waals surface area (Å²) in [6, 6.07) is 13.1. The van der Waals surface area contributed by atoms with Crippen molar-refractivity contribution in [2.45, 2.75) is 13.8 Å². The molecule has 4 heteroatoms. The summed E-state index contributed by atoms with van der Waals surface area (Å²) in [5, 5.41) is 0. The molecule has 0 saturated heterocycles. The molecule has 0 bridgehead atoms. The van der Waals surface area contributed by atoms with Gasteiger partial charge >= 0.3 is 0 Å². The Morgan fingerprint density at radius 1 is 1.05 bits per heavy atom. The van der Waals surface area contributed by atoms with Crippen LogP contribution in [0.15, 0.2) is 42.5 Å². The van der Waals surface area contributed by atoms with Gasteiger partial charge in [-0.1, -0.05) is 12.1 Å². The van der Waals surface area contributed by atoms with Crippen molar-refractivity contribution in [3.05, 3.63) is 53.6 Å². The van der Waals surface area contributed by atoms with E-state index in [9.17, 15) is 4.79 Å². The summed E-state index contributed by atoms with van der Waals surface area (Å²) < 4.78 is 10.5. The first-order valence-electron chi connectivity index (χ1n) is 7.21. The third kappa shape index (κ3) is 3.22. The number of ether oxygens (including phenoxy) is 2. The second kappa shape index (κ2) is 6.98. The third-order valence-electron chi connectivity index (χ3n) is 3.51. The van der Waals surface area contributed by atoms with E-state index < -0.39 is 0 Å². The average molecular weight is 299 g/mol. The van der Waals surface area contributed by atoms with Gasteiger partial charge in [-0.2, -0.15) is 0 Å². The standard InChI is InChI=1S/C18H21NO3/c1-5-19(15-8-6-7-13(2)11-15)18(20)14-9-10-16(21-3)17(12-14)22-4/h6-12H,5H2,1-4H3. The molecule has 0 N–H and O–H groups in total. The van der Waals surface area contributed by atoms with Gasteiger partial charge in [-0.15, -0.1) is 0 Å². The maximum Gasteiger partial charge on any atom is 0.258 e. The number of aryl methyl sites for hydroxylation is 1. The van der Waals surface area contributed by atoms with E-state index in [0.717, 1.165) is 11.3 Å².